The van der Waals surface area contributed by atoms with E-state index >= 15 is 0 Å². The topological polar surface area (TPSA) is 71.1 Å². The fraction of sp³-hybridized carbons (Fsp3) is 0.565. The van der Waals surface area contributed by atoms with Gasteiger partial charge >= 0.3 is 11.9 Å². The molecule has 0 bridgehead atoms. The molecular formula is C23H34O6. The summed E-state index contributed by atoms with van der Waals surface area (Å²) in [7, 11) is 3.21. The highest BCUT2D eigenvalue weighted by atomic mass is 16.5. The van der Waals surface area contributed by atoms with Gasteiger partial charge in [-0.1, -0.05) is 31.7 Å². The van der Waals surface area contributed by atoms with E-state index in [4.69, 9.17) is 18.9 Å². The number of carbonyl (C=O) groups excluding carboxylic acids is 2. The smallest absolute Gasteiger partial charge is 0.310 e. The van der Waals surface area contributed by atoms with Crippen LogP contribution in [0.1, 0.15) is 46.5 Å². The lowest BCUT2D eigenvalue weighted by atomic mass is 9.93. The second-order valence-electron chi connectivity index (χ2n) is 6.85. The number of rotatable bonds is 11. The third kappa shape index (κ3) is 8.28. The van der Waals surface area contributed by atoms with Crippen molar-refractivity contribution in [3.8, 4) is 0 Å². The summed E-state index contributed by atoms with van der Waals surface area (Å²) >= 11 is 0. The molecule has 0 fully saturated rings. The predicted molar refractivity (Wildman–Crippen MR) is 112 cm³/mol. The summed E-state index contributed by atoms with van der Waals surface area (Å²) in [6, 6.07) is 0. The molecule has 0 aliphatic heterocycles. The number of hydrogen-bond donors (Lipinski definition) is 0. The van der Waals surface area contributed by atoms with Crippen LogP contribution >= 0.6 is 0 Å². The third-order valence-corrected chi connectivity index (χ3v) is 4.57. The van der Waals surface area contributed by atoms with Gasteiger partial charge in [-0.3, -0.25) is 9.59 Å². The standard InChI is InChI=1S/C23H34O6/c1-7-28-22(24)11-9-10-19(17(4)26-5)20-14-18(15-23(25)29-8-2)12-16(3)13-21(20)27-6/h10,12,14,16,21H,4,7-9,11,13,15H2,1-3,5-6H3/b19-10+. The number of allylic oxidation sites excluding steroid dienone is 4. The van der Waals surface area contributed by atoms with Gasteiger partial charge in [0.25, 0.3) is 0 Å². The van der Waals surface area contributed by atoms with E-state index in [1.807, 2.05) is 12.2 Å². The number of carbonyl (C=O) groups is 2. The zero-order valence-electron chi connectivity index (χ0n) is 18.3. The van der Waals surface area contributed by atoms with E-state index in [0.29, 0.717) is 25.4 Å². The van der Waals surface area contributed by atoms with E-state index in [9.17, 15) is 9.59 Å². The van der Waals surface area contributed by atoms with Gasteiger partial charge in [0.1, 0.15) is 5.76 Å². The average Bonchev–Trinajstić information content (AvgIpc) is 2.83. The van der Waals surface area contributed by atoms with Crippen LogP contribution < -0.4 is 0 Å². The fourth-order valence-corrected chi connectivity index (χ4v) is 3.27. The average molecular weight is 407 g/mol. The molecule has 0 heterocycles. The molecule has 1 aliphatic rings. The maximum atomic E-state index is 12.0. The molecule has 1 aliphatic carbocycles. The van der Waals surface area contributed by atoms with Crippen LogP contribution in [0.25, 0.3) is 0 Å². The first kappa shape index (κ1) is 24.7. The Morgan fingerprint density at radius 1 is 1.17 bits per heavy atom. The molecule has 0 saturated carbocycles. The monoisotopic (exact) mass is 406 g/mol. The lowest BCUT2D eigenvalue weighted by molar-refractivity contribution is -0.143. The van der Waals surface area contributed by atoms with E-state index in [1.165, 1.54) is 0 Å². The summed E-state index contributed by atoms with van der Waals surface area (Å²) in [6.07, 6.45) is 7.43. The SMILES string of the molecule is C=C(OC)/C(=C\CCC(=O)OCC)C1=CC(CC(=O)OCC)=CC(C)CC1OC. The third-order valence-electron chi connectivity index (χ3n) is 4.57. The van der Waals surface area contributed by atoms with E-state index < -0.39 is 0 Å². The van der Waals surface area contributed by atoms with Gasteiger partial charge in [0.05, 0.1) is 32.8 Å². The van der Waals surface area contributed by atoms with E-state index in [-0.39, 0.29) is 36.8 Å². The van der Waals surface area contributed by atoms with Crippen molar-refractivity contribution < 1.29 is 28.5 Å². The number of hydrogen-bond acceptors (Lipinski definition) is 6. The molecule has 0 aromatic rings. The van der Waals surface area contributed by atoms with Crippen molar-refractivity contribution in [2.45, 2.75) is 52.6 Å². The number of esters is 2. The molecule has 0 radical (unpaired) electrons. The van der Waals surface area contributed by atoms with Crippen LogP contribution in [0.15, 0.2) is 47.3 Å². The first-order valence-corrected chi connectivity index (χ1v) is 10.1. The van der Waals surface area contributed by atoms with Gasteiger partial charge in [-0.25, -0.2) is 0 Å². The van der Waals surface area contributed by atoms with Gasteiger partial charge in [0, 0.05) is 19.1 Å². The molecule has 6 nitrogen and oxygen atoms in total. The Morgan fingerprint density at radius 2 is 1.83 bits per heavy atom. The Hall–Kier alpha value is -2.34. The zero-order valence-corrected chi connectivity index (χ0v) is 18.3. The quantitative estimate of drug-likeness (QED) is 0.290. The largest absolute Gasteiger partial charge is 0.497 e. The van der Waals surface area contributed by atoms with Crippen molar-refractivity contribution in [1.82, 2.24) is 0 Å². The highest BCUT2D eigenvalue weighted by Gasteiger charge is 2.25. The molecule has 29 heavy (non-hydrogen) atoms. The minimum atomic E-state index is -0.268. The molecule has 1 rings (SSSR count). The first-order chi connectivity index (χ1) is 13.9. The molecule has 6 heteroatoms. The summed E-state index contributed by atoms with van der Waals surface area (Å²) in [4.78, 5) is 23.7. The van der Waals surface area contributed by atoms with E-state index in [0.717, 1.165) is 23.1 Å². The van der Waals surface area contributed by atoms with Crippen LogP contribution in [0.3, 0.4) is 0 Å². The molecule has 0 amide bonds. The van der Waals surface area contributed by atoms with Crippen molar-refractivity contribution in [3.05, 3.63) is 47.3 Å². The van der Waals surface area contributed by atoms with Crippen molar-refractivity contribution in [2.24, 2.45) is 5.92 Å². The first-order valence-electron chi connectivity index (χ1n) is 10.1. The summed E-state index contributed by atoms with van der Waals surface area (Å²) in [5.41, 5.74) is 2.52. The van der Waals surface area contributed by atoms with Crippen molar-refractivity contribution >= 4 is 11.9 Å². The molecule has 0 spiro atoms. The minimum Gasteiger partial charge on any atom is -0.497 e. The van der Waals surface area contributed by atoms with Crippen LogP contribution in [0.2, 0.25) is 0 Å². The maximum Gasteiger partial charge on any atom is 0.310 e. The van der Waals surface area contributed by atoms with Crippen LogP contribution in [-0.4, -0.2) is 45.5 Å². The lowest BCUT2D eigenvalue weighted by Gasteiger charge is -2.23. The minimum absolute atomic E-state index is 0.188. The lowest BCUT2D eigenvalue weighted by Crippen LogP contribution is -2.18. The second-order valence-corrected chi connectivity index (χ2v) is 6.85. The molecule has 0 aromatic heterocycles. The van der Waals surface area contributed by atoms with E-state index in [1.54, 1.807) is 28.1 Å². The van der Waals surface area contributed by atoms with Crippen LogP contribution in [0, 0.1) is 5.92 Å². The maximum absolute atomic E-state index is 12.0. The van der Waals surface area contributed by atoms with Gasteiger partial charge in [0.15, 0.2) is 0 Å². The molecule has 0 N–H and O–H groups in total. The Bertz CT molecular complexity index is 671. The number of methoxy groups -OCH3 is 2. The van der Waals surface area contributed by atoms with Gasteiger partial charge in [-0.15, -0.1) is 0 Å². The van der Waals surface area contributed by atoms with Crippen molar-refractivity contribution in [3.63, 3.8) is 0 Å². The summed E-state index contributed by atoms with van der Waals surface area (Å²) < 4.78 is 21.2. The van der Waals surface area contributed by atoms with E-state index in [2.05, 4.69) is 19.6 Å². The Labute approximate surface area is 174 Å². The molecule has 0 aromatic carbocycles. The van der Waals surface area contributed by atoms with Crippen LogP contribution in [0.5, 0.6) is 0 Å². The molecule has 2 unspecified atom stereocenters. The molecule has 0 saturated heterocycles. The Kier molecular flexibility index (Phi) is 11.1. The summed E-state index contributed by atoms with van der Waals surface area (Å²) in [6.45, 7) is 10.4. The summed E-state index contributed by atoms with van der Waals surface area (Å²) in [5, 5.41) is 0. The molecule has 2 atom stereocenters. The number of ether oxygens (including phenoxy) is 4. The second kappa shape index (κ2) is 13.0. The van der Waals surface area contributed by atoms with Gasteiger partial charge in [-0.2, -0.15) is 0 Å². The fourth-order valence-electron chi connectivity index (χ4n) is 3.27. The molecular weight excluding hydrogens is 372 g/mol. The van der Waals surface area contributed by atoms with Gasteiger partial charge in [-0.05, 0) is 43.8 Å². The molecule has 162 valence electrons. The van der Waals surface area contributed by atoms with Crippen LogP contribution in [0.4, 0.5) is 0 Å². The summed E-state index contributed by atoms with van der Waals surface area (Å²) in [5.74, 6) is 0.179. The zero-order chi connectivity index (χ0) is 21.8. The van der Waals surface area contributed by atoms with Crippen LogP contribution in [-0.2, 0) is 28.5 Å². The normalized spacial score (nSPS) is 19.6. The van der Waals surface area contributed by atoms with Gasteiger partial charge in [0.2, 0.25) is 0 Å². The van der Waals surface area contributed by atoms with Crippen molar-refractivity contribution in [2.75, 3.05) is 27.4 Å². The van der Waals surface area contributed by atoms with Gasteiger partial charge < -0.3 is 18.9 Å². The highest BCUT2D eigenvalue weighted by molar-refractivity contribution is 5.74. The Morgan fingerprint density at radius 3 is 2.41 bits per heavy atom. The predicted octanol–water partition coefficient (Wildman–Crippen LogP) is 4.28. The van der Waals surface area contributed by atoms with Crippen molar-refractivity contribution in [1.29, 1.82) is 0 Å². The Balaban J connectivity index is 3.23. The highest BCUT2D eigenvalue weighted by Crippen LogP contribution is 2.33.